The van der Waals surface area contributed by atoms with Crippen LogP contribution in [0.1, 0.15) is 25.6 Å². The topological polar surface area (TPSA) is 59.1 Å². The van der Waals surface area contributed by atoms with E-state index in [1.54, 1.807) is 18.2 Å². The number of nitrogens with zero attached hydrogens (tertiary/aromatic N) is 2. The largest absolute Gasteiger partial charge is 0.494 e. The van der Waals surface area contributed by atoms with Gasteiger partial charge in [0.2, 0.25) is 0 Å². The highest BCUT2D eigenvalue weighted by Gasteiger charge is 2.44. The Morgan fingerprint density at radius 3 is 2.52 bits per heavy atom. The van der Waals surface area contributed by atoms with Gasteiger partial charge in [-0.1, -0.05) is 12.1 Å². The van der Waals surface area contributed by atoms with Crippen LogP contribution in [0.2, 0.25) is 0 Å². The van der Waals surface area contributed by atoms with E-state index >= 15 is 0 Å². The highest BCUT2D eigenvalue weighted by molar-refractivity contribution is 7.11. The number of hydrogen-bond acceptors (Lipinski definition) is 6. The summed E-state index contributed by atoms with van der Waals surface area (Å²) in [7, 11) is 0. The zero-order valence-corrected chi connectivity index (χ0v) is 17.6. The van der Waals surface area contributed by atoms with Gasteiger partial charge in [-0.3, -0.25) is 9.59 Å². The zero-order valence-electron chi connectivity index (χ0n) is 16.8. The number of morpholine rings is 1. The van der Waals surface area contributed by atoms with Crippen molar-refractivity contribution < 1.29 is 19.1 Å². The fourth-order valence-electron chi connectivity index (χ4n) is 3.93. The molecule has 2 amide bonds. The lowest BCUT2D eigenvalue weighted by atomic mass is 10.1. The highest BCUT2D eigenvalue weighted by Crippen LogP contribution is 2.38. The van der Waals surface area contributed by atoms with Gasteiger partial charge in [0, 0.05) is 24.0 Å². The monoisotopic (exact) mass is 412 g/mol. The van der Waals surface area contributed by atoms with Crippen LogP contribution in [0, 0.1) is 0 Å². The van der Waals surface area contributed by atoms with Crippen LogP contribution in [-0.4, -0.2) is 48.6 Å². The third-order valence-corrected chi connectivity index (χ3v) is 5.84. The summed E-state index contributed by atoms with van der Waals surface area (Å²) in [5, 5.41) is 1.92. The van der Waals surface area contributed by atoms with Crippen LogP contribution in [0.4, 0.5) is 5.69 Å². The van der Waals surface area contributed by atoms with E-state index in [0.29, 0.717) is 42.4 Å². The summed E-state index contributed by atoms with van der Waals surface area (Å²) in [6.07, 6.45) is -0.0388. The Kier molecular flexibility index (Phi) is 5.43. The molecule has 7 heteroatoms. The number of anilines is 1. The second-order valence-corrected chi connectivity index (χ2v) is 8.19. The highest BCUT2D eigenvalue weighted by atomic mass is 32.1. The van der Waals surface area contributed by atoms with Gasteiger partial charge in [-0.25, -0.2) is 4.90 Å². The normalized spacial score (nSPS) is 22.6. The number of hydrogen-bond donors (Lipinski definition) is 0. The van der Waals surface area contributed by atoms with Crippen molar-refractivity contribution in [3.8, 4) is 5.75 Å². The van der Waals surface area contributed by atoms with Crippen molar-refractivity contribution in [2.75, 3.05) is 24.6 Å². The number of imide groups is 1. The molecule has 0 radical (unpaired) electrons. The molecule has 2 aromatic rings. The summed E-state index contributed by atoms with van der Waals surface area (Å²) in [5.74, 6) is 0.0339. The van der Waals surface area contributed by atoms with Gasteiger partial charge in [-0.05, 0) is 44.4 Å². The lowest BCUT2D eigenvalue weighted by Gasteiger charge is -2.37. The first-order valence-electron chi connectivity index (χ1n) is 9.79. The minimum absolute atomic E-state index is 0.0194. The molecule has 0 saturated carbocycles. The molecule has 29 heavy (non-hydrogen) atoms. The molecular weight excluding hydrogens is 388 g/mol. The molecular formula is C22H24N2O4S. The van der Waals surface area contributed by atoms with E-state index in [1.807, 2.05) is 49.3 Å². The molecule has 1 aromatic carbocycles. The molecule has 0 N–H and O–H groups in total. The summed E-state index contributed by atoms with van der Waals surface area (Å²) < 4.78 is 11.4. The third kappa shape index (κ3) is 3.68. The second-order valence-electron chi connectivity index (χ2n) is 7.24. The molecule has 0 spiro atoms. The number of benzene rings is 1. The quantitative estimate of drug-likeness (QED) is 0.703. The minimum Gasteiger partial charge on any atom is -0.494 e. The number of thiophene rings is 1. The molecule has 0 bridgehead atoms. The predicted octanol–water partition coefficient (Wildman–Crippen LogP) is 3.54. The number of rotatable bonds is 5. The van der Waals surface area contributed by atoms with Gasteiger partial charge in [-0.15, -0.1) is 11.3 Å². The fourth-order valence-corrected chi connectivity index (χ4v) is 4.69. The van der Waals surface area contributed by atoms with Gasteiger partial charge in [-0.2, -0.15) is 0 Å². The average molecular weight is 413 g/mol. The van der Waals surface area contributed by atoms with Crippen molar-refractivity contribution in [2.24, 2.45) is 0 Å². The van der Waals surface area contributed by atoms with Crippen molar-refractivity contribution in [1.29, 1.82) is 0 Å². The van der Waals surface area contributed by atoms with Crippen molar-refractivity contribution in [2.45, 2.75) is 33.0 Å². The van der Waals surface area contributed by atoms with Gasteiger partial charge in [0.05, 0.1) is 30.1 Å². The molecule has 0 aliphatic carbocycles. The minimum atomic E-state index is -0.298. The number of carbonyl (C=O) groups excluding carboxylic acids is 2. The third-order valence-electron chi connectivity index (χ3n) is 4.95. The Hall–Kier alpha value is -2.64. The van der Waals surface area contributed by atoms with Gasteiger partial charge >= 0.3 is 0 Å². The maximum atomic E-state index is 13.5. The first kappa shape index (κ1) is 19.7. The first-order chi connectivity index (χ1) is 14.0. The second kappa shape index (κ2) is 8.00. The molecule has 2 unspecified atom stereocenters. The van der Waals surface area contributed by atoms with Crippen LogP contribution in [-0.2, 0) is 14.3 Å². The van der Waals surface area contributed by atoms with Crippen molar-refractivity contribution in [3.63, 3.8) is 0 Å². The van der Waals surface area contributed by atoms with Crippen LogP contribution in [0.3, 0.4) is 0 Å². The van der Waals surface area contributed by atoms with Crippen molar-refractivity contribution in [1.82, 2.24) is 4.90 Å². The zero-order chi connectivity index (χ0) is 20.5. The van der Waals surface area contributed by atoms with Crippen LogP contribution in [0.5, 0.6) is 5.75 Å². The van der Waals surface area contributed by atoms with Crippen molar-refractivity contribution >= 4 is 34.4 Å². The maximum Gasteiger partial charge on any atom is 0.282 e. The standard InChI is InChI=1S/C22H24N2O4S/c1-4-27-17-8-5-7-16(11-17)24-21(25)19(18-9-6-10-29-18)20(22(24)26)23-12-14(2)28-15(3)13-23/h5-11,14-15H,4,12-13H2,1-3H3. The number of ether oxygens (including phenoxy) is 2. The van der Waals surface area contributed by atoms with Crippen molar-refractivity contribution in [3.05, 3.63) is 52.4 Å². The summed E-state index contributed by atoms with van der Waals surface area (Å²) in [4.78, 5) is 31.0. The van der Waals surface area contributed by atoms with E-state index in [0.717, 1.165) is 4.88 Å². The van der Waals surface area contributed by atoms with E-state index in [9.17, 15) is 9.59 Å². The number of carbonyl (C=O) groups is 2. The molecule has 1 fully saturated rings. The van der Waals surface area contributed by atoms with Gasteiger partial charge in [0.15, 0.2) is 0 Å². The molecule has 4 rings (SSSR count). The first-order valence-corrected chi connectivity index (χ1v) is 10.7. The molecule has 6 nitrogen and oxygen atoms in total. The van der Waals surface area contributed by atoms with E-state index in [1.165, 1.54) is 16.2 Å². The molecule has 1 saturated heterocycles. The van der Waals surface area contributed by atoms with Gasteiger partial charge in [0.1, 0.15) is 11.4 Å². The maximum absolute atomic E-state index is 13.5. The lowest BCUT2D eigenvalue weighted by molar-refractivity contribution is -0.121. The summed E-state index contributed by atoms with van der Waals surface area (Å²) in [5.41, 5.74) is 1.44. The smallest absolute Gasteiger partial charge is 0.282 e. The van der Waals surface area contributed by atoms with Crippen LogP contribution < -0.4 is 9.64 Å². The average Bonchev–Trinajstić information content (AvgIpc) is 3.27. The Morgan fingerprint density at radius 1 is 1.10 bits per heavy atom. The van der Waals surface area contributed by atoms with E-state index in [-0.39, 0.29) is 24.0 Å². The van der Waals surface area contributed by atoms with Crippen LogP contribution >= 0.6 is 11.3 Å². The Balaban J connectivity index is 1.77. The summed E-state index contributed by atoms with van der Waals surface area (Å²) >= 11 is 1.46. The summed E-state index contributed by atoms with van der Waals surface area (Å²) in [6, 6.07) is 10.9. The SMILES string of the molecule is CCOc1cccc(N2C(=O)C(c3cccs3)=C(N3CC(C)OC(C)C3)C2=O)c1. The Bertz CT molecular complexity index is 943. The molecule has 1 aromatic heterocycles. The summed E-state index contributed by atoms with van der Waals surface area (Å²) in [6.45, 7) is 7.52. The molecule has 152 valence electrons. The molecule has 2 aliphatic rings. The molecule has 3 heterocycles. The molecule has 2 atom stereocenters. The van der Waals surface area contributed by atoms with E-state index < -0.39 is 0 Å². The fraction of sp³-hybridized carbons (Fsp3) is 0.364. The van der Waals surface area contributed by atoms with Gasteiger partial charge in [0.25, 0.3) is 11.8 Å². The van der Waals surface area contributed by atoms with Gasteiger partial charge < -0.3 is 14.4 Å². The molecule has 2 aliphatic heterocycles. The number of amides is 2. The Labute approximate surface area is 174 Å². The van der Waals surface area contributed by atoms with Crippen LogP contribution in [0.25, 0.3) is 5.57 Å². The Morgan fingerprint density at radius 2 is 1.86 bits per heavy atom. The van der Waals surface area contributed by atoms with E-state index in [4.69, 9.17) is 9.47 Å². The predicted molar refractivity (Wildman–Crippen MR) is 113 cm³/mol. The van der Waals surface area contributed by atoms with E-state index in [2.05, 4.69) is 0 Å². The lowest BCUT2D eigenvalue weighted by Crippen LogP contribution is -2.47. The van der Waals surface area contributed by atoms with Crippen LogP contribution in [0.15, 0.2) is 47.5 Å².